The van der Waals surface area contributed by atoms with Gasteiger partial charge >= 0.3 is 0 Å². The first-order valence-corrected chi connectivity index (χ1v) is 5.04. The minimum Gasteiger partial charge on any atom is -0.276 e. The fourth-order valence-electron chi connectivity index (χ4n) is 1.43. The second kappa shape index (κ2) is 3.85. The first-order chi connectivity index (χ1) is 6.42. The average Bonchev–Trinajstić information content (AvgIpc) is 2.70. The molecular formula is C8H10N2O2S. The topological polar surface area (TPSA) is 42.4 Å². The van der Waals surface area contributed by atoms with E-state index >= 15 is 0 Å². The smallest absolute Gasteiger partial charge is 0.233 e. The minimum atomic E-state index is 0.0683. The van der Waals surface area contributed by atoms with Crippen LogP contribution >= 0.6 is 11.3 Å². The molecule has 0 radical (unpaired) electrons. The predicted molar refractivity (Wildman–Crippen MR) is 47.9 cm³/mol. The lowest BCUT2D eigenvalue weighted by Crippen LogP contribution is -2.31. The molecule has 0 aliphatic carbocycles. The molecule has 1 aliphatic heterocycles. The standard InChI is InChI=1S/C8H10N2O2S/c11-6-10-7(2-1-3-12-10)8-4-9-5-13-8/h4-7H,1-3H2. The molecule has 1 aliphatic rings. The SMILES string of the molecule is O=CN1OCCCC1c1cncs1. The summed E-state index contributed by atoms with van der Waals surface area (Å²) in [5.41, 5.74) is 1.77. The van der Waals surface area contributed by atoms with E-state index in [0.29, 0.717) is 6.61 Å². The third kappa shape index (κ3) is 1.71. The quantitative estimate of drug-likeness (QED) is 0.674. The number of carbonyl (C=O) groups excluding carboxylic acids is 1. The van der Waals surface area contributed by atoms with Crippen LogP contribution in [0, 0.1) is 0 Å². The zero-order chi connectivity index (χ0) is 9.10. The Morgan fingerprint density at radius 3 is 3.38 bits per heavy atom. The molecule has 0 N–H and O–H groups in total. The average molecular weight is 198 g/mol. The number of carbonyl (C=O) groups is 1. The molecule has 70 valence electrons. The molecule has 13 heavy (non-hydrogen) atoms. The second-order valence-electron chi connectivity index (χ2n) is 2.86. The van der Waals surface area contributed by atoms with Gasteiger partial charge in [0.1, 0.15) is 0 Å². The van der Waals surface area contributed by atoms with Crippen molar-refractivity contribution in [2.24, 2.45) is 0 Å². The summed E-state index contributed by atoms with van der Waals surface area (Å²) in [5, 5.41) is 1.39. The van der Waals surface area contributed by atoms with E-state index in [2.05, 4.69) is 4.98 Å². The molecule has 1 atom stereocenters. The highest BCUT2D eigenvalue weighted by Crippen LogP contribution is 2.30. The van der Waals surface area contributed by atoms with Crippen molar-refractivity contribution in [3.8, 4) is 0 Å². The molecule has 1 amide bonds. The first kappa shape index (κ1) is 8.65. The Morgan fingerprint density at radius 2 is 2.69 bits per heavy atom. The summed E-state index contributed by atoms with van der Waals surface area (Å²) in [6, 6.07) is 0.0683. The van der Waals surface area contributed by atoms with E-state index in [0.717, 1.165) is 24.1 Å². The maximum absolute atomic E-state index is 10.7. The van der Waals surface area contributed by atoms with E-state index in [1.165, 1.54) is 5.06 Å². The highest BCUT2D eigenvalue weighted by atomic mass is 32.1. The maximum Gasteiger partial charge on any atom is 0.233 e. The van der Waals surface area contributed by atoms with Gasteiger partial charge in [0, 0.05) is 11.1 Å². The van der Waals surface area contributed by atoms with Crippen molar-refractivity contribution < 1.29 is 9.63 Å². The zero-order valence-corrected chi connectivity index (χ0v) is 7.87. The van der Waals surface area contributed by atoms with Crippen LogP contribution in [-0.4, -0.2) is 23.1 Å². The lowest BCUT2D eigenvalue weighted by atomic mass is 10.1. The molecule has 2 rings (SSSR count). The number of rotatable bonds is 2. The van der Waals surface area contributed by atoms with Crippen molar-refractivity contribution in [2.75, 3.05) is 6.61 Å². The molecular weight excluding hydrogens is 188 g/mol. The zero-order valence-electron chi connectivity index (χ0n) is 7.05. The van der Waals surface area contributed by atoms with Crippen LogP contribution < -0.4 is 0 Å². The van der Waals surface area contributed by atoms with Gasteiger partial charge in [-0.05, 0) is 12.8 Å². The number of amides is 1. The minimum absolute atomic E-state index is 0.0683. The number of thiazole rings is 1. The summed E-state index contributed by atoms with van der Waals surface area (Å²) in [4.78, 5) is 20.9. The summed E-state index contributed by atoms with van der Waals surface area (Å²) in [6.07, 6.45) is 4.48. The highest BCUT2D eigenvalue weighted by molar-refractivity contribution is 7.09. The normalized spacial score (nSPS) is 23.1. The molecule has 5 heteroatoms. The molecule has 0 aromatic carbocycles. The van der Waals surface area contributed by atoms with Gasteiger partial charge in [-0.3, -0.25) is 14.6 Å². The van der Waals surface area contributed by atoms with Crippen LogP contribution in [0.3, 0.4) is 0 Å². The van der Waals surface area contributed by atoms with Gasteiger partial charge in [-0.2, -0.15) is 0 Å². The third-order valence-corrected chi connectivity index (χ3v) is 2.93. The summed E-state index contributed by atoms with van der Waals surface area (Å²) in [5.74, 6) is 0. The monoisotopic (exact) mass is 198 g/mol. The summed E-state index contributed by atoms with van der Waals surface area (Å²) in [6.45, 7) is 0.633. The van der Waals surface area contributed by atoms with E-state index in [1.54, 1.807) is 23.0 Å². The van der Waals surface area contributed by atoms with Crippen LogP contribution in [0.5, 0.6) is 0 Å². The highest BCUT2D eigenvalue weighted by Gasteiger charge is 2.24. The van der Waals surface area contributed by atoms with Crippen LogP contribution in [-0.2, 0) is 9.63 Å². The van der Waals surface area contributed by atoms with E-state index < -0.39 is 0 Å². The number of hydrogen-bond donors (Lipinski definition) is 0. The molecule has 0 bridgehead atoms. The van der Waals surface area contributed by atoms with Crippen LogP contribution in [0.4, 0.5) is 0 Å². The van der Waals surface area contributed by atoms with Crippen molar-refractivity contribution in [1.29, 1.82) is 0 Å². The Hall–Kier alpha value is -0.940. The van der Waals surface area contributed by atoms with Gasteiger partial charge in [-0.15, -0.1) is 11.3 Å². The Labute approximate surface area is 80.1 Å². The number of hydroxylamine groups is 2. The molecule has 1 aromatic rings. The molecule has 4 nitrogen and oxygen atoms in total. The largest absolute Gasteiger partial charge is 0.276 e. The van der Waals surface area contributed by atoms with Crippen LogP contribution in [0.25, 0.3) is 0 Å². The van der Waals surface area contributed by atoms with Crippen LogP contribution in [0.2, 0.25) is 0 Å². The fourth-order valence-corrected chi connectivity index (χ4v) is 2.17. The van der Waals surface area contributed by atoms with Gasteiger partial charge in [-0.1, -0.05) is 0 Å². The van der Waals surface area contributed by atoms with Gasteiger partial charge in [0.25, 0.3) is 0 Å². The molecule has 1 unspecified atom stereocenters. The van der Waals surface area contributed by atoms with Crippen molar-refractivity contribution in [2.45, 2.75) is 18.9 Å². The van der Waals surface area contributed by atoms with E-state index in [4.69, 9.17) is 4.84 Å². The summed E-state index contributed by atoms with van der Waals surface area (Å²) >= 11 is 1.56. The number of hydrogen-bond acceptors (Lipinski definition) is 4. The van der Waals surface area contributed by atoms with E-state index in [9.17, 15) is 4.79 Å². The van der Waals surface area contributed by atoms with Crippen molar-refractivity contribution in [1.82, 2.24) is 10.0 Å². The Morgan fingerprint density at radius 1 is 1.77 bits per heavy atom. The Balaban J connectivity index is 2.15. The second-order valence-corrected chi connectivity index (χ2v) is 3.78. The Kier molecular flexibility index (Phi) is 2.56. The fraction of sp³-hybridized carbons (Fsp3) is 0.500. The molecule has 1 aromatic heterocycles. The maximum atomic E-state index is 10.7. The Bertz CT molecular complexity index is 276. The van der Waals surface area contributed by atoms with Crippen molar-refractivity contribution >= 4 is 17.7 Å². The molecule has 2 heterocycles. The van der Waals surface area contributed by atoms with E-state index in [-0.39, 0.29) is 6.04 Å². The molecule has 0 spiro atoms. The van der Waals surface area contributed by atoms with Crippen LogP contribution in [0.15, 0.2) is 11.7 Å². The lowest BCUT2D eigenvalue weighted by Gasteiger charge is -2.30. The molecule has 0 saturated carbocycles. The lowest BCUT2D eigenvalue weighted by molar-refractivity contribution is -0.203. The molecule has 1 fully saturated rings. The van der Waals surface area contributed by atoms with Crippen molar-refractivity contribution in [3.63, 3.8) is 0 Å². The van der Waals surface area contributed by atoms with Crippen LogP contribution in [0.1, 0.15) is 23.8 Å². The third-order valence-electron chi connectivity index (χ3n) is 2.05. The van der Waals surface area contributed by atoms with Gasteiger partial charge in [0.05, 0.1) is 18.2 Å². The van der Waals surface area contributed by atoms with Gasteiger partial charge in [0.2, 0.25) is 6.41 Å². The molecule has 1 saturated heterocycles. The summed E-state index contributed by atoms with van der Waals surface area (Å²) < 4.78 is 0. The van der Waals surface area contributed by atoms with Gasteiger partial charge in [0.15, 0.2) is 0 Å². The van der Waals surface area contributed by atoms with Crippen molar-refractivity contribution in [3.05, 3.63) is 16.6 Å². The summed E-state index contributed by atoms with van der Waals surface area (Å²) in [7, 11) is 0. The number of nitrogens with zero attached hydrogens (tertiary/aromatic N) is 2. The first-order valence-electron chi connectivity index (χ1n) is 4.17. The predicted octanol–water partition coefficient (Wildman–Crippen LogP) is 1.37. The number of aromatic nitrogens is 1. The van der Waals surface area contributed by atoms with E-state index in [1.807, 2.05) is 0 Å². The van der Waals surface area contributed by atoms with Gasteiger partial charge < -0.3 is 0 Å². The van der Waals surface area contributed by atoms with Gasteiger partial charge in [-0.25, -0.2) is 5.06 Å².